The van der Waals surface area contributed by atoms with Gasteiger partial charge in [0.15, 0.2) is 5.69 Å². The van der Waals surface area contributed by atoms with Gasteiger partial charge < -0.3 is 0 Å². The van der Waals surface area contributed by atoms with Gasteiger partial charge in [-0.25, -0.2) is 0 Å². The van der Waals surface area contributed by atoms with Crippen LogP contribution in [0.15, 0.2) is 36.4 Å². The molecule has 4 heteroatoms. The van der Waals surface area contributed by atoms with E-state index in [-0.39, 0.29) is 38.4 Å². The molecule has 0 fully saturated rings. The number of nitrogens with zero attached hydrogens (tertiary/aromatic N) is 1. The van der Waals surface area contributed by atoms with Crippen molar-refractivity contribution >= 4 is 16.5 Å². The third-order valence-corrected chi connectivity index (χ3v) is 2.14. The van der Waals surface area contributed by atoms with Gasteiger partial charge in [0.1, 0.15) is 0 Å². The predicted molar refractivity (Wildman–Crippen MR) is 55.1 cm³/mol. The molecule has 0 atom stereocenters. The molecule has 2 rings (SSSR count). The van der Waals surface area contributed by atoms with Crippen molar-refractivity contribution in [1.29, 1.82) is 0 Å². The summed E-state index contributed by atoms with van der Waals surface area (Å²) in [6.07, 6.45) is 0. The summed E-state index contributed by atoms with van der Waals surface area (Å²) in [5.41, 5.74) is 0.525. The number of fused-ring (bicyclic) bond motifs is 1. The van der Waals surface area contributed by atoms with E-state index in [0.717, 1.165) is 10.8 Å². The van der Waals surface area contributed by atoms with Crippen LogP contribution in [0.5, 0.6) is 0 Å². The molecule has 2 aromatic rings. The number of hydrogen-bond acceptors (Lipinski definition) is 2. The van der Waals surface area contributed by atoms with Gasteiger partial charge in [-0.05, 0) is 11.5 Å². The topological polar surface area (TPSA) is 43.1 Å². The molecule has 0 aliphatic carbocycles. The fraction of sp³-hybridized carbons (Fsp3) is 0. The minimum Gasteiger partial charge on any atom is -0.270 e. The molecule has 2 aromatic carbocycles. The van der Waals surface area contributed by atoms with Crippen molar-refractivity contribution in [2.24, 2.45) is 0 Å². The Morgan fingerprint density at radius 3 is 2.20 bits per heavy atom. The maximum Gasteiger partial charge on any atom is 0.170 e. The molecule has 1 radical (unpaired) electrons. The molecule has 0 unspecified atom stereocenters. The van der Waals surface area contributed by atoms with Gasteiger partial charge in [-0.2, -0.15) is 6.92 Å². The fourth-order valence-electron chi connectivity index (χ4n) is 1.45. The normalized spacial score (nSPS) is 9.60. The maximum absolute atomic E-state index is 10.6. The Morgan fingerprint density at radius 1 is 1.13 bits per heavy atom. The van der Waals surface area contributed by atoms with Crippen molar-refractivity contribution in [3.63, 3.8) is 0 Å². The summed E-state index contributed by atoms with van der Waals surface area (Å²) in [4.78, 5) is 10.2. The molecule has 0 bridgehead atoms. The third-order valence-electron chi connectivity index (χ3n) is 2.14. The molecule has 0 saturated carbocycles. The molecular weight excluding hydrogens is 267 g/mol. The molecule has 73 valence electrons. The Labute approximate surface area is 113 Å². The Hall–Kier alpha value is -0.926. The Kier molecular flexibility index (Phi) is 3.83. The van der Waals surface area contributed by atoms with E-state index in [2.05, 4.69) is 6.92 Å². The fourth-order valence-corrected chi connectivity index (χ4v) is 1.45. The molecule has 0 aromatic heterocycles. The van der Waals surface area contributed by atoms with Gasteiger partial charge in [-0.3, -0.25) is 10.1 Å². The van der Waals surface area contributed by atoms with Gasteiger partial charge in [0.05, 0.1) is 0 Å². The zero-order valence-corrected chi connectivity index (χ0v) is 10.9. The van der Waals surface area contributed by atoms with Crippen molar-refractivity contribution in [1.82, 2.24) is 0 Å². The van der Waals surface area contributed by atoms with Crippen LogP contribution in [0.2, 0.25) is 0 Å². The van der Waals surface area contributed by atoms with Crippen molar-refractivity contribution in [3.05, 3.63) is 59.0 Å². The Balaban J connectivity index is 0.00000112. The summed E-state index contributed by atoms with van der Waals surface area (Å²) in [6.45, 7) is 3.65. The minimum atomic E-state index is -0.408. The number of rotatable bonds is 1. The van der Waals surface area contributed by atoms with Crippen LogP contribution in [0.3, 0.4) is 0 Å². The van der Waals surface area contributed by atoms with E-state index in [4.69, 9.17) is 0 Å². The van der Waals surface area contributed by atoms with E-state index in [1.54, 1.807) is 12.1 Å². The summed E-state index contributed by atoms with van der Waals surface area (Å²) >= 11 is 0. The average molecular weight is 275 g/mol. The molecule has 0 spiro atoms. The second kappa shape index (κ2) is 4.73. The van der Waals surface area contributed by atoms with Gasteiger partial charge in [0.25, 0.3) is 0 Å². The Morgan fingerprint density at radius 2 is 1.67 bits per heavy atom. The zero-order chi connectivity index (χ0) is 10.1. The quantitative estimate of drug-likeness (QED) is 0.456. The molecule has 0 heterocycles. The van der Waals surface area contributed by atoms with Crippen LogP contribution in [-0.4, -0.2) is 4.92 Å². The van der Waals surface area contributed by atoms with E-state index < -0.39 is 4.92 Å². The van der Waals surface area contributed by atoms with Crippen LogP contribution < -0.4 is 0 Å². The zero-order valence-electron chi connectivity index (χ0n) is 8.01. The number of benzene rings is 2. The Bertz CT molecular complexity index is 511. The van der Waals surface area contributed by atoms with Crippen LogP contribution in [-0.2, 0) is 32.7 Å². The first-order chi connectivity index (χ1) is 6.68. The molecule has 15 heavy (non-hydrogen) atoms. The number of hydrogen-bond donors (Lipinski definition) is 0. The first-order valence-corrected chi connectivity index (χ1v) is 4.17. The first kappa shape index (κ1) is 12.1. The molecule has 0 aliphatic heterocycles. The number of nitro benzene ring substituents is 1. The molecule has 0 saturated heterocycles. The summed E-state index contributed by atoms with van der Waals surface area (Å²) in [5, 5.41) is 12.5. The van der Waals surface area contributed by atoms with Crippen LogP contribution in [0.1, 0.15) is 5.56 Å². The van der Waals surface area contributed by atoms with Crippen LogP contribution in [0.25, 0.3) is 10.8 Å². The van der Waals surface area contributed by atoms with Gasteiger partial charge in [-0.15, -0.1) is 11.6 Å². The van der Waals surface area contributed by atoms with Crippen LogP contribution >= 0.6 is 0 Å². The van der Waals surface area contributed by atoms with Crippen molar-refractivity contribution in [2.75, 3.05) is 0 Å². The molecule has 0 N–H and O–H groups in total. The summed E-state index contributed by atoms with van der Waals surface area (Å²) < 4.78 is 0. The van der Waals surface area contributed by atoms with Gasteiger partial charge in [0, 0.05) is 37.6 Å². The molecule has 0 amide bonds. The van der Waals surface area contributed by atoms with Gasteiger partial charge in [-0.1, -0.05) is 29.7 Å². The van der Waals surface area contributed by atoms with E-state index in [1.807, 2.05) is 24.3 Å². The SMILES string of the molecule is [CH2-]c1cc2ccccc2cc1[N+](=O)[O-].[Y]. The van der Waals surface area contributed by atoms with Gasteiger partial charge in [0.2, 0.25) is 0 Å². The monoisotopic (exact) mass is 275 g/mol. The largest absolute Gasteiger partial charge is 0.270 e. The summed E-state index contributed by atoms with van der Waals surface area (Å²) in [5.74, 6) is 0. The third kappa shape index (κ3) is 2.36. The second-order valence-corrected chi connectivity index (χ2v) is 3.09. The minimum absolute atomic E-state index is 0. The predicted octanol–water partition coefficient (Wildman–Crippen LogP) is 2.93. The maximum atomic E-state index is 10.6. The van der Waals surface area contributed by atoms with Crippen molar-refractivity contribution in [3.8, 4) is 0 Å². The van der Waals surface area contributed by atoms with Crippen molar-refractivity contribution < 1.29 is 37.6 Å². The van der Waals surface area contributed by atoms with Crippen LogP contribution in [0, 0.1) is 17.0 Å². The smallest absolute Gasteiger partial charge is 0.170 e. The second-order valence-electron chi connectivity index (χ2n) is 3.09. The molecule has 3 nitrogen and oxygen atoms in total. The van der Waals surface area contributed by atoms with E-state index in [9.17, 15) is 10.1 Å². The van der Waals surface area contributed by atoms with E-state index >= 15 is 0 Å². The van der Waals surface area contributed by atoms with E-state index in [0.29, 0.717) is 5.56 Å². The van der Waals surface area contributed by atoms with Crippen LogP contribution in [0.4, 0.5) is 5.69 Å². The average Bonchev–Trinajstić information content (AvgIpc) is 2.16. The standard InChI is InChI=1S/C11H8NO2.Y/c1-8-6-9-4-2-3-5-10(9)7-11(8)12(13)14;/h2-7H,1H2;/q-1;. The van der Waals surface area contributed by atoms with E-state index in [1.165, 1.54) is 0 Å². The molecular formula is C11H8NO2Y-. The first-order valence-electron chi connectivity index (χ1n) is 4.17. The number of nitro groups is 1. The molecule has 0 aliphatic rings. The van der Waals surface area contributed by atoms with Gasteiger partial charge >= 0.3 is 0 Å². The van der Waals surface area contributed by atoms with Crippen molar-refractivity contribution in [2.45, 2.75) is 0 Å². The summed E-state index contributed by atoms with van der Waals surface area (Å²) in [6, 6.07) is 10.8. The summed E-state index contributed by atoms with van der Waals surface area (Å²) in [7, 11) is 0.